The number of carbonyl (C=O) groups excluding carboxylic acids is 1. The molecule has 4 heteroatoms. The Morgan fingerprint density at radius 3 is 2.48 bits per heavy atom. The van der Waals surface area contributed by atoms with Gasteiger partial charge >= 0.3 is 0 Å². The molecule has 0 aliphatic heterocycles. The molecule has 1 amide bonds. The predicted octanol–water partition coefficient (Wildman–Crippen LogP) is 2.74. The van der Waals surface area contributed by atoms with Crippen LogP contribution >= 0.6 is 0 Å². The third-order valence-corrected chi connectivity index (χ3v) is 4.50. The SMILES string of the molecule is CCOc1ccc(C[NH+](C)[C@@H](C)C(=O)Nc2cc(C)ccc2C)cc1. The quantitative estimate of drug-likeness (QED) is 0.813. The molecule has 0 saturated heterocycles. The molecule has 2 atom stereocenters. The zero-order chi connectivity index (χ0) is 18.4. The van der Waals surface area contributed by atoms with Crippen LogP contribution in [0.4, 0.5) is 5.69 Å². The average molecular weight is 341 g/mol. The Kier molecular flexibility index (Phi) is 6.59. The van der Waals surface area contributed by atoms with E-state index in [2.05, 4.69) is 23.5 Å². The smallest absolute Gasteiger partial charge is 0.282 e. The van der Waals surface area contributed by atoms with Gasteiger partial charge < -0.3 is 15.0 Å². The molecule has 0 spiro atoms. The summed E-state index contributed by atoms with van der Waals surface area (Å²) in [7, 11) is 2.05. The van der Waals surface area contributed by atoms with Crippen LogP contribution in [0.15, 0.2) is 42.5 Å². The summed E-state index contributed by atoms with van der Waals surface area (Å²) in [4.78, 5) is 13.7. The van der Waals surface area contributed by atoms with Crippen LogP contribution in [0, 0.1) is 13.8 Å². The largest absolute Gasteiger partial charge is 0.494 e. The van der Waals surface area contributed by atoms with Gasteiger partial charge in [-0.2, -0.15) is 0 Å². The number of amides is 1. The van der Waals surface area contributed by atoms with Gasteiger partial charge in [-0.05, 0) is 69.2 Å². The Morgan fingerprint density at radius 2 is 1.84 bits per heavy atom. The molecule has 0 heterocycles. The van der Waals surface area contributed by atoms with Gasteiger partial charge in [-0.1, -0.05) is 12.1 Å². The van der Waals surface area contributed by atoms with Crippen LogP contribution in [0.1, 0.15) is 30.5 Å². The van der Waals surface area contributed by atoms with Crippen molar-refractivity contribution in [3.8, 4) is 5.75 Å². The van der Waals surface area contributed by atoms with E-state index in [1.807, 2.05) is 59.0 Å². The normalized spacial score (nSPS) is 13.2. The third kappa shape index (κ3) is 5.33. The maximum Gasteiger partial charge on any atom is 0.282 e. The minimum absolute atomic E-state index is 0.0390. The maximum atomic E-state index is 12.6. The molecule has 0 aliphatic rings. The van der Waals surface area contributed by atoms with Gasteiger partial charge in [-0.15, -0.1) is 0 Å². The van der Waals surface area contributed by atoms with E-state index in [0.717, 1.165) is 34.0 Å². The molecule has 2 aromatic carbocycles. The van der Waals surface area contributed by atoms with E-state index in [-0.39, 0.29) is 11.9 Å². The number of benzene rings is 2. The average Bonchev–Trinajstić information content (AvgIpc) is 2.59. The molecule has 0 aromatic heterocycles. The van der Waals surface area contributed by atoms with Crippen LogP contribution in [0.5, 0.6) is 5.75 Å². The summed E-state index contributed by atoms with van der Waals surface area (Å²) in [5, 5.41) is 3.06. The lowest BCUT2D eigenvalue weighted by molar-refractivity contribution is -0.907. The highest BCUT2D eigenvalue weighted by Crippen LogP contribution is 2.16. The van der Waals surface area contributed by atoms with E-state index in [1.54, 1.807) is 0 Å². The number of quaternary nitrogens is 1. The van der Waals surface area contributed by atoms with E-state index in [0.29, 0.717) is 6.61 Å². The van der Waals surface area contributed by atoms with Crippen LogP contribution in [0.25, 0.3) is 0 Å². The van der Waals surface area contributed by atoms with Crippen LogP contribution in [0.3, 0.4) is 0 Å². The third-order valence-electron chi connectivity index (χ3n) is 4.50. The van der Waals surface area contributed by atoms with Crippen molar-refractivity contribution < 1.29 is 14.4 Å². The Morgan fingerprint density at radius 1 is 1.16 bits per heavy atom. The predicted molar refractivity (Wildman–Crippen MR) is 102 cm³/mol. The molecule has 2 aromatic rings. The molecular formula is C21H29N2O2+. The second kappa shape index (κ2) is 8.67. The molecule has 0 aliphatic carbocycles. The van der Waals surface area contributed by atoms with Crippen LogP contribution in [0.2, 0.25) is 0 Å². The minimum Gasteiger partial charge on any atom is -0.494 e. The number of nitrogens with one attached hydrogen (secondary N) is 2. The molecule has 0 radical (unpaired) electrons. The molecule has 4 nitrogen and oxygen atoms in total. The van der Waals surface area contributed by atoms with Crippen molar-refractivity contribution in [2.75, 3.05) is 19.0 Å². The van der Waals surface area contributed by atoms with Gasteiger partial charge in [0.15, 0.2) is 6.04 Å². The highest BCUT2D eigenvalue weighted by atomic mass is 16.5. The van der Waals surface area contributed by atoms with Gasteiger partial charge in [-0.25, -0.2) is 0 Å². The van der Waals surface area contributed by atoms with Crippen LogP contribution < -0.4 is 15.0 Å². The number of carbonyl (C=O) groups is 1. The highest BCUT2D eigenvalue weighted by molar-refractivity contribution is 5.94. The lowest BCUT2D eigenvalue weighted by Gasteiger charge is -2.22. The summed E-state index contributed by atoms with van der Waals surface area (Å²) in [6, 6.07) is 14.0. The minimum atomic E-state index is -0.147. The molecule has 2 N–H and O–H groups in total. The van der Waals surface area contributed by atoms with E-state index in [1.165, 1.54) is 5.56 Å². The van der Waals surface area contributed by atoms with Crippen molar-refractivity contribution in [1.82, 2.24) is 0 Å². The first-order valence-electron chi connectivity index (χ1n) is 8.83. The van der Waals surface area contributed by atoms with Crippen molar-refractivity contribution >= 4 is 11.6 Å². The van der Waals surface area contributed by atoms with E-state index < -0.39 is 0 Å². The zero-order valence-electron chi connectivity index (χ0n) is 15.8. The molecule has 1 unspecified atom stereocenters. The van der Waals surface area contributed by atoms with Crippen LogP contribution in [-0.2, 0) is 11.3 Å². The van der Waals surface area contributed by atoms with Gasteiger partial charge in [0, 0.05) is 11.3 Å². The molecule has 0 bridgehead atoms. The zero-order valence-corrected chi connectivity index (χ0v) is 15.8. The maximum absolute atomic E-state index is 12.6. The lowest BCUT2D eigenvalue weighted by atomic mass is 10.1. The van der Waals surface area contributed by atoms with Gasteiger partial charge in [0.05, 0.1) is 13.7 Å². The summed E-state index contributed by atoms with van der Waals surface area (Å²) in [5.74, 6) is 0.918. The number of aryl methyl sites for hydroxylation is 2. The fourth-order valence-corrected chi connectivity index (χ4v) is 2.68. The van der Waals surface area contributed by atoms with E-state index in [4.69, 9.17) is 4.74 Å². The number of hydrogen-bond acceptors (Lipinski definition) is 2. The number of likely N-dealkylation sites (N-methyl/N-ethyl adjacent to an activating group) is 1. The van der Waals surface area contributed by atoms with Crippen molar-refractivity contribution in [3.63, 3.8) is 0 Å². The summed E-state index contributed by atoms with van der Waals surface area (Å²) in [5.41, 5.74) is 4.30. The number of hydrogen-bond donors (Lipinski definition) is 2. The molecule has 0 fully saturated rings. The molecule has 2 rings (SSSR count). The fourth-order valence-electron chi connectivity index (χ4n) is 2.68. The number of anilines is 1. The van der Waals surface area contributed by atoms with Gasteiger partial charge in [-0.3, -0.25) is 4.79 Å². The summed E-state index contributed by atoms with van der Waals surface area (Å²) >= 11 is 0. The summed E-state index contributed by atoms with van der Waals surface area (Å²) < 4.78 is 5.47. The van der Waals surface area contributed by atoms with Crippen molar-refractivity contribution in [3.05, 3.63) is 59.2 Å². The second-order valence-corrected chi connectivity index (χ2v) is 6.63. The number of rotatable bonds is 7. The van der Waals surface area contributed by atoms with Gasteiger partial charge in [0.1, 0.15) is 12.3 Å². The number of ether oxygens (including phenoxy) is 1. The summed E-state index contributed by atoms with van der Waals surface area (Å²) in [6.07, 6.45) is 0. The fraction of sp³-hybridized carbons (Fsp3) is 0.381. The topological polar surface area (TPSA) is 42.8 Å². The van der Waals surface area contributed by atoms with Gasteiger partial charge in [0.2, 0.25) is 0 Å². The van der Waals surface area contributed by atoms with Crippen LogP contribution in [-0.4, -0.2) is 25.6 Å². The highest BCUT2D eigenvalue weighted by Gasteiger charge is 2.22. The summed E-state index contributed by atoms with van der Waals surface area (Å²) in [6.45, 7) is 9.43. The first-order chi connectivity index (χ1) is 11.9. The van der Waals surface area contributed by atoms with Crippen molar-refractivity contribution in [2.45, 2.75) is 40.3 Å². The first kappa shape index (κ1) is 19.0. The first-order valence-corrected chi connectivity index (χ1v) is 8.83. The second-order valence-electron chi connectivity index (χ2n) is 6.63. The Hall–Kier alpha value is -2.33. The van der Waals surface area contributed by atoms with E-state index in [9.17, 15) is 4.79 Å². The lowest BCUT2D eigenvalue weighted by Crippen LogP contribution is -3.12. The Bertz CT molecular complexity index is 710. The standard InChI is InChI=1S/C21H28N2O2/c1-6-25-19-11-9-18(10-12-19)14-23(5)17(4)21(24)22-20-13-15(2)7-8-16(20)3/h7-13,17H,6,14H2,1-5H3,(H,22,24)/p+1/t17-/m0/s1. The van der Waals surface area contributed by atoms with Gasteiger partial charge in [0.25, 0.3) is 5.91 Å². The molecule has 134 valence electrons. The Labute approximate surface area is 150 Å². The monoisotopic (exact) mass is 341 g/mol. The molecule has 25 heavy (non-hydrogen) atoms. The van der Waals surface area contributed by atoms with Crippen molar-refractivity contribution in [2.24, 2.45) is 0 Å². The Balaban J connectivity index is 1.97. The molecular weight excluding hydrogens is 312 g/mol. The van der Waals surface area contributed by atoms with Crippen molar-refractivity contribution in [1.29, 1.82) is 0 Å². The molecule has 0 saturated carbocycles. The van der Waals surface area contributed by atoms with E-state index >= 15 is 0 Å².